The van der Waals surface area contributed by atoms with E-state index in [0.717, 1.165) is 31.7 Å². The SMILES string of the molecule is CCOc1cccc(CN2CCNCC2(C)C)c1O. The lowest BCUT2D eigenvalue weighted by Crippen LogP contribution is -2.57. The van der Waals surface area contributed by atoms with Gasteiger partial charge in [-0.2, -0.15) is 0 Å². The lowest BCUT2D eigenvalue weighted by atomic mass is 9.99. The van der Waals surface area contributed by atoms with Crippen molar-refractivity contribution in [3.8, 4) is 11.5 Å². The van der Waals surface area contributed by atoms with Crippen LogP contribution in [0, 0.1) is 0 Å². The molecule has 0 radical (unpaired) electrons. The minimum Gasteiger partial charge on any atom is -0.504 e. The molecule has 2 rings (SSSR count). The van der Waals surface area contributed by atoms with Crippen molar-refractivity contribution in [2.75, 3.05) is 26.2 Å². The third-order valence-corrected chi connectivity index (χ3v) is 3.72. The predicted molar refractivity (Wildman–Crippen MR) is 76.6 cm³/mol. The topological polar surface area (TPSA) is 44.7 Å². The van der Waals surface area contributed by atoms with Gasteiger partial charge in [-0.25, -0.2) is 0 Å². The van der Waals surface area contributed by atoms with E-state index in [0.29, 0.717) is 12.4 Å². The van der Waals surface area contributed by atoms with E-state index in [1.807, 2.05) is 25.1 Å². The van der Waals surface area contributed by atoms with Crippen molar-refractivity contribution >= 4 is 0 Å². The van der Waals surface area contributed by atoms with Crippen LogP contribution in [0.4, 0.5) is 0 Å². The van der Waals surface area contributed by atoms with E-state index < -0.39 is 0 Å². The zero-order chi connectivity index (χ0) is 13.9. The van der Waals surface area contributed by atoms with Crippen molar-refractivity contribution in [2.24, 2.45) is 0 Å². The van der Waals surface area contributed by atoms with Crippen molar-refractivity contribution < 1.29 is 9.84 Å². The first-order valence-electron chi connectivity index (χ1n) is 6.94. The van der Waals surface area contributed by atoms with Crippen LogP contribution >= 0.6 is 0 Å². The molecule has 4 nitrogen and oxygen atoms in total. The minimum atomic E-state index is 0.103. The molecule has 0 amide bonds. The number of piperazine rings is 1. The largest absolute Gasteiger partial charge is 0.504 e. The van der Waals surface area contributed by atoms with Crippen LogP contribution in [0.25, 0.3) is 0 Å². The summed E-state index contributed by atoms with van der Waals surface area (Å²) in [5, 5.41) is 13.7. The van der Waals surface area contributed by atoms with Crippen LogP contribution in [0.3, 0.4) is 0 Å². The van der Waals surface area contributed by atoms with Gasteiger partial charge >= 0.3 is 0 Å². The average Bonchev–Trinajstić information content (AvgIpc) is 2.36. The number of nitrogens with one attached hydrogen (secondary N) is 1. The number of aromatic hydroxyl groups is 1. The fraction of sp³-hybridized carbons (Fsp3) is 0.600. The van der Waals surface area contributed by atoms with Crippen molar-refractivity contribution in [3.63, 3.8) is 0 Å². The summed E-state index contributed by atoms with van der Waals surface area (Å²) in [5.74, 6) is 0.853. The van der Waals surface area contributed by atoms with Gasteiger partial charge in [0.1, 0.15) is 0 Å². The number of hydrogen-bond donors (Lipinski definition) is 2. The Morgan fingerprint density at radius 3 is 2.89 bits per heavy atom. The Bertz CT molecular complexity index is 432. The Balaban J connectivity index is 2.16. The van der Waals surface area contributed by atoms with Gasteiger partial charge in [0, 0.05) is 37.3 Å². The van der Waals surface area contributed by atoms with Crippen LogP contribution in [0.1, 0.15) is 26.3 Å². The zero-order valence-corrected chi connectivity index (χ0v) is 12.1. The molecule has 0 unspecified atom stereocenters. The van der Waals surface area contributed by atoms with E-state index in [-0.39, 0.29) is 11.3 Å². The van der Waals surface area contributed by atoms with E-state index in [4.69, 9.17) is 4.74 Å². The van der Waals surface area contributed by atoms with E-state index in [9.17, 15) is 5.11 Å². The highest BCUT2D eigenvalue weighted by atomic mass is 16.5. The van der Waals surface area contributed by atoms with Gasteiger partial charge in [-0.15, -0.1) is 0 Å². The number of para-hydroxylation sites is 1. The molecule has 1 heterocycles. The predicted octanol–water partition coefficient (Wildman–Crippen LogP) is 1.97. The number of phenolic OH excluding ortho intramolecular Hbond substituents is 1. The van der Waals surface area contributed by atoms with E-state index >= 15 is 0 Å². The Morgan fingerprint density at radius 1 is 1.42 bits per heavy atom. The van der Waals surface area contributed by atoms with Gasteiger partial charge in [-0.05, 0) is 26.8 Å². The third kappa shape index (κ3) is 3.19. The van der Waals surface area contributed by atoms with Crippen LogP contribution in [0.2, 0.25) is 0 Å². The quantitative estimate of drug-likeness (QED) is 0.873. The number of ether oxygens (including phenoxy) is 1. The Kier molecular flexibility index (Phi) is 4.32. The second kappa shape index (κ2) is 5.80. The van der Waals surface area contributed by atoms with E-state index in [2.05, 4.69) is 24.1 Å². The summed E-state index contributed by atoms with van der Waals surface area (Å²) in [6.45, 7) is 10.6. The zero-order valence-electron chi connectivity index (χ0n) is 12.1. The fourth-order valence-electron chi connectivity index (χ4n) is 2.49. The van der Waals surface area contributed by atoms with Crippen LogP contribution in [-0.4, -0.2) is 41.8 Å². The fourth-order valence-corrected chi connectivity index (χ4v) is 2.49. The molecular formula is C15H24N2O2. The van der Waals surface area contributed by atoms with Gasteiger partial charge in [-0.1, -0.05) is 12.1 Å². The molecule has 1 fully saturated rings. The molecule has 0 bridgehead atoms. The maximum absolute atomic E-state index is 10.3. The van der Waals surface area contributed by atoms with Gasteiger partial charge < -0.3 is 15.2 Å². The summed E-state index contributed by atoms with van der Waals surface area (Å²) >= 11 is 0. The number of benzene rings is 1. The molecule has 1 saturated heterocycles. The second-order valence-corrected chi connectivity index (χ2v) is 5.61. The van der Waals surface area contributed by atoms with E-state index in [1.54, 1.807) is 0 Å². The van der Waals surface area contributed by atoms with E-state index in [1.165, 1.54) is 0 Å². The summed E-state index contributed by atoms with van der Waals surface area (Å²) < 4.78 is 5.44. The highest BCUT2D eigenvalue weighted by Crippen LogP contribution is 2.32. The Hall–Kier alpha value is -1.26. The normalized spacial score (nSPS) is 19.3. The highest BCUT2D eigenvalue weighted by Gasteiger charge is 2.30. The first-order chi connectivity index (χ1) is 9.04. The minimum absolute atomic E-state index is 0.103. The Labute approximate surface area is 115 Å². The molecular weight excluding hydrogens is 240 g/mol. The number of nitrogens with zero attached hydrogens (tertiary/aromatic N) is 1. The average molecular weight is 264 g/mol. The number of hydrogen-bond acceptors (Lipinski definition) is 4. The third-order valence-electron chi connectivity index (χ3n) is 3.72. The van der Waals surface area contributed by atoms with Crippen molar-refractivity contribution in [1.82, 2.24) is 10.2 Å². The monoisotopic (exact) mass is 264 g/mol. The van der Waals surface area contributed by atoms with Crippen molar-refractivity contribution in [3.05, 3.63) is 23.8 Å². The summed E-state index contributed by atoms with van der Waals surface area (Å²) in [5.41, 5.74) is 1.03. The molecule has 1 aromatic rings. The molecule has 0 atom stereocenters. The molecule has 0 spiro atoms. The molecule has 1 aromatic carbocycles. The standard InChI is InChI=1S/C15H24N2O2/c1-4-19-13-7-5-6-12(14(13)18)10-17-9-8-16-11-15(17,2)3/h5-7,16,18H,4,8-11H2,1-3H3. The molecule has 1 aliphatic heterocycles. The van der Waals surface area contributed by atoms with Crippen LogP contribution in [-0.2, 0) is 6.54 Å². The van der Waals surface area contributed by atoms with Crippen LogP contribution in [0.15, 0.2) is 18.2 Å². The molecule has 2 N–H and O–H groups in total. The molecule has 19 heavy (non-hydrogen) atoms. The lowest BCUT2D eigenvalue weighted by Gasteiger charge is -2.43. The van der Waals surface area contributed by atoms with Gasteiger partial charge in [0.05, 0.1) is 6.61 Å². The van der Waals surface area contributed by atoms with Gasteiger partial charge in [0.2, 0.25) is 0 Å². The molecule has 106 valence electrons. The van der Waals surface area contributed by atoms with Crippen LogP contribution in [0.5, 0.6) is 11.5 Å². The summed E-state index contributed by atoms with van der Waals surface area (Å²) in [4.78, 5) is 2.40. The maximum Gasteiger partial charge on any atom is 0.162 e. The lowest BCUT2D eigenvalue weighted by molar-refractivity contribution is 0.0818. The van der Waals surface area contributed by atoms with Gasteiger partial charge in [-0.3, -0.25) is 4.90 Å². The summed E-state index contributed by atoms with van der Waals surface area (Å²) in [7, 11) is 0. The molecule has 1 aliphatic rings. The molecule has 0 aliphatic carbocycles. The van der Waals surface area contributed by atoms with Crippen molar-refractivity contribution in [2.45, 2.75) is 32.9 Å². The van der Waals surface area contributed by atoms with Crippen molar-refractivity contribution in [1.29, 1.82) is 0 Å². The molecule has 4 heteroatoms. The maximum atomic E-state index is 10.3. The molecule has 0 saturated carbocycles. The number of phenols is 1. The first-order valence-corrected chi connectivity index (χ1v) is 6.94. The second-order valence-electron chi connectivity index (χ2n) is 5.61. The number of rotatable bonds is 4. The highest BCUT2D eigenvalue weighted by molar-refractivity contribution is 5.45. The van der Waals surface area contributed by atoms with Crippen LogP contribution < -0.4 is 10.1 Å². The first kappa shape index (κ1) is 14.2. The smallest absolute Gasteiger partial charge is 0.162 e. The summed E-state index contributed by atoms with van der Waals surface area (Å²) in [6.07, 6.45) is 0. The summed E-state index contributed by atoms with van der Waals surface area (Å²) in [6, 6.07) is 5.72. The van der Waals surface area contributed by atoms with Gasteiger partial charge in [0.15, 0.2) is 11.5 Å². The molecule has 0 aromatic heterocycles. The Morgan fingerprint density at radius 2 is 2.21 bits per heavy atom. The van der Waals surface area contributed by atoms with Gasteiger partial charge in [0.25, 0.3) is 0 Å².